The molecule has 0 N–H and O–H groups in total. The van der Waals surface area contributed by atoms with Crippen LogP contribution in [0.5, 0.6) is 0 Å². The Bertz CT molecular complexity index is 820. The Morgan fingerprint density at radius 1 is 1.15 bits per heavy atom. The Morgan fingerprint density at radius 3 is 2.70 bits per heavy atom. The molecule has 0 aliphatic rings. The van der Waals surface area contributed by atoms with E-state index in [-0.39, 0.29) is 17.4 Å². The molecular weight excluding hydrogens is 279 g/mol. The highest BCUT2D eigenvalue weighted by Crippen LogP contribution is 2.25. The maximum Gasteiger partial charge on any atom is 0.228 e. The molecule has 0 unspecified atom stereocenters. The fraction of sp³-hybridized carbons (Fsp3) is 0.0625. The third-order valence-corrected chi connectivity index (χ3v) is 3.36. The molecule has 0 amide bonds. The van der Waals surface area contributed by atoms with Crippen LogP contribution < -0.4 is 0 Å². The molecule has 0 bridgehead atoms. The van der Waals surface area contributed by atoms with Crippen molar-refractivity contribution in [2.75, 3.05) is 0 Å². The van der Waals surface area contributed by atoms with Gasteiger partial charge < -0.3 is 4.42 Å². The number of carbonyl (C=O) groups is 1. The number of benzene rings is 2. The molecule has 2 aromatic carbocycles. The summed E-state index contributed by atoms with van der Waals surface area (Å²) >= 11 is 5.89. The van der Waals surface area contributed by atoms with Crippen molar-refractivity contribution in [1.29, 1.82) is 0 Å². The quantitative estimate of drug-likeness (QED) is 0.636. The van der Waals surface area contributed by atoms with Gasteiger partial charge in [0.05, 0.1) is 0 Å². The lowest BCUT2D eigenvalue weighted by molar-refractivity contribution is 0.101. The first-order valence-electron chi connectivity index (χ1n) is 6.04. The van der Waals surface area contributed by atoms with Gasteiger partial charge in [0, 0.05) is 16.0 Å². The van der Waals surface area contributed by atoms with E-state index in [0.29, 0.717) is 21.7 Å². The number of hydrogen-bond acceptors (Lipinski definition) is 2. The van der Waals surface area contributed by atoms with E-state index in [1.165, 1.54) is 18.2 Å². The zero-order chi connectivity index (χ0) is 14.3. The molecule has 3 aromatic rings. The molecule has 1 aromatic heterocycles. The molecule has 0 saturated carbocycles. The standard InChI is InChI=1S/C16H10ClFO2/c1-9-6-10(2-4-13(9)18)16(19)15-8-11-7-12(17)3-5-14(11)20-15/h2-8H,1H3. The fourth-order valence-electron chi connectivity index (χ4n) is 2.05. The molecule has 0 aliphatic carbocycles. The summed E-state index contributed by atoms with van der Waals surface area (Å²) in [6.07, 6.45) is 0. The first kappa shape index (κ1) is 12.9. The number of hydrogen-bond donors (Lipinski definition) is 0. The smallest absolute Gasteiger partial charge is 0.228 e. The van der Waals surface area contributed by atoms with E-state index in [1.807, 2.05) is 0 Å². The number of furan rings is 1. The van der Waals surface area contributed by atoms with Crippen LogP contribution in [0.2, 0.25) is 5.02 Å². The molecule has 2 nitrogen and oxygen atoms in total. The summed E-state index contributed by atoms with van der Waals surface area (Å²) in [5, 5.41) is 1.34. The Hall–Kier alpha value is -2.13. The molecule has 0 radical (unpaired) electrons. The Labute approximate surface area is 119 Å². The normalized spacial score (nSPS) is 10.9. The average molecular weight is 289 g/mol. The van der Waals surface area contributed by atoms with Crippen molar-refractivity contribution in [3.63, 3.8) is 0 Å². The molecule has 100 valence electrons. The van der Waals surface area contributed by atoms with Gasteiger partial charge >= 0.3 is 0 Å². The predicted octanol–water partition coefficient (Wildman–Crippen LogP) is 4.76. The molecule has 3 rings (SSSR count). The molecular formula is C16H10ClFO2. The van der Waals surface area contributed by atoms with Crippen LogP contribution in [0.3, 0.4) is 0 Å². The van der Waals surface area contributed by atoms with Gasteiger partial charge in [0.2, 0.25) is 5.78 Å². The third kappa shape index (κ3) is 2.21. The minimum atomic E-state index is -0.335. The molecule has 1 heterocycles. The maximum atomic E-state index is 13.2. The van der Waals surface area contributed by atoms with Gasteiger partial charge in [0.1, 0.15) is 11.4 Å². The molecule has 0 spiro atoms. The van der Waals surface area contributed by atoms with E-state index in [9.17, 15) is 9.18 Å². The van der Waals surface area contributed by atoms with E-state index in [0.717, 1.165) is 5.39 Å². The highest BCUT2D eigenvalue weighted by atomic mass is 35.5. The van der Waals surface area contributed by atoms with Crippen molar-refractivity contribution in [3.8, 4) is 0 Å². The average Bonchev–Trinajstić information content (AvgIpc) is 2.84. The zero-order valence-corrected chi connectivity index (χ0v) is 11.4. The van der Waals surface area contributed by atoms with E-state index in [1.54, 1.807) is 31.2 Å². The second-order valence-corrected chi connectivity index (χ2v) is 5.02. The number of ketones is 1. The molecule has 0 fully saturated rings. The Kier molecular flexibility index (Phi) is 3.07. The van der Waals surface area contributed by atoms with Crippen LogP contribution in [0.1, 0.15) is 21.7 Å². The largest absolute Gasteiger partial charge is 0.453 e. The Morgan fingerprint density at radius 2 is 1.95 bits per heavy atom. The molecule has 0 aliphatic heterocycles. The Balaban J connectivity index is 2.05. The minimum absolute atomic E-state index is 0.216. The van der Waals surface area contributed by atoms with Crippen molar-refractivity contribution in [1.82, 2.24) is 0 Å². The van der Waals surface area contributed by atoms with Crippen LogP contribution in [-0.2, 0) is 0 Å². The van der Waals surface area contributed by atoms with Gasteiger partial charge in [-0.3, -0.25) is 4.79 Å². The van der Waals surface area contributed by atoms with Crippen molar-refractivity contribution in [3.05, 3.63) is 70.2 Å². The monoisotopic (exact) mass is 288 g/mol. The second-order valence-electron chi connectivity index (χ2n) is 4.59. The predicted molar refractivity (Wildman–Crippen MR) is 75.8 cm³/mol. The molecule has 0 atom stereocenters. The van der Waals surface area contributed by atoms with Crippen LogP contribution in [-0.4, -0.2) is 5.78 Å². The first-order chi connectivity index (χ1) is 9.54. The molecule has 0 saturated heterocycles. The van der Waals surface area contributed by atoms with Crippen LogP contribution in [0, 0.1) is 12.7 Å². The van der Waals surface area contributed by atoms with E-state index in [2.05, 4.69) is 0 Å². The van der Waals surface area contributed by atoms with Gasteiger partial charge in [0.15, 0.2) is 5.76 Å². The summed E-state index contributed by atoms with van der Waals surface area (Å²) in [6.45, 7) is 1.62. The minimum Gasteiger partial charge on any atom is -0.453 e. The first-order valence-corrected chi connectivity index (χ1v) is 6.42. The maximum absolute atomic E-state index is 13.2. The van der Waals surface area contributed by atoms with Crippen LogP contribution >= 0.6 is 11.6 Å². The summed E-state index contributed by atoms with van der Waals surface area (Å²) < 4.78 is 18.7. The topological polar surface area (TPSA) is 30.2 Å². The lowest BCUT2D eigenvalue weighted by Gasteiger charge is -2.00. The lowest BCUT2D eigenvalue weighted by Crippen LogP contribution is -2.00. The number of fused-ring (bicyclic) bond motifs is 1. The van der Waals surface area contributed by atoms with Crippen molar-refractivity contribution in [2.45, 2.75) is 6.92 Å². The van der Waals surface area contributed by atoms with Gasteiger partial charge in [-0.25, -0.2) is 4.39 Å². The SMILES string of the molecule is Cc1cc(C(=O)c2cc3cc(Cl)ccc3o2)ccc1F. The van der Waals surface area contributed by atoms with Gasteiger partial charge in [-0.05, 0) is 55.0 Å². The van der Waals surface area contributed by atoms with Gasteiger partial charge in [-0.2, -0.15) is 0 Å². The van der Waals surface area contributed by atoms with Crippen molar-refractivity contribution in [2.24, 2.45) is 0 Å². The van der Waals surface area contributed by atoms with Crippen LogP contribution in [0.4, 0.5) is 4.39 Å². The van der Waals surface area contributed by atoms with E-state index < -0.39 is 0 Å². The van der Waals surface area contributed by atoms with Crippen molar-refractivity contribution >= 4 is 28.4 Å². The molecule has 20 heavy (non-hydrogen) atoms. The summed E-state index contributed by atoms with van der Waals surface area (Å²) in [4.78, 5) is 12.3. The number of rotatable bonds is 2. The molecule has 4 heteroatoms. The third-order valence-electron chi connectivity index (χ3n) is 3.12. The summed E-state index contributed by atoms with van der Waals surface area (Å²) in [5.74, 6) is -0.397. The number of carbonyl (C=O) groups excluding carboxylic acids is 1. The summed E-state index contributed by atoms with van der Waals surface area (Å²) in [7, 11) is 0. The second kappa shape index (κ2) is 4.76. The highest BCUT2D eigenvalue weighted by Gasteiger charge is 2.15. The zero-order valence-electron chi connectivity index (χ0n) is 10.6. The van der Waals surface area contributed by atoms with E-state index >= 15 is 0 Å². The van der Waals surface area contributed by atoms with Crippen molar-refractivity contribution < 1.29 is 13.6 Å². The number of aryl methyl sites for hydroxylation is 1. The van der Waals surface area contributed by atoms with Gasteiger partial charge in [-0.15, -0.1) is 0 Å². The van der Waals surface area contributed by atoms with Gasteiger partial charge in [-0.1, -0.05) is 11.6 Å². The fourth-order valence-corrected chi connectivity index (χ4v) is 2.23. The van der Waals surface area contributed by atoms with E-state index in [4.69, 9.17) is 16.0 Å². The number of halogens is 2. The van der Waals surface area contributed by atoms with Gasteiger partial charge in [0.25, 0.3) is 0 Å². The lowest BCUT2D eigenvalue weighted by atomic mass is 10.1. The van der Waals surface area contributed by atoms with Crippen LogP contribution in [0.25, 0.3) is 11.0 Å². The summed E-state index contributed by atoms with van der Waals surface area (Å²) in [5.41, 5.74) is 1.42. The highest BCUT2D eigenvalue weighted by molar-refractivity contribution is 6.31. The van der Waals surface area contributed by atoms with Crippen LogP contribution in [0.15, 0.2) is 46.9 Å². The summed E-state index contributed by atoms with van der Waals surface area (Å²) in [6, 6.07) is 11.0.